The molecule has 0 aliphatic rings. The van der Waals surface area contributed by atoms with E-state index in [4.69, 9.17) is 9.47 Å². The molecular weight excluding hydrogens is 420 g/mol. The highest BCUT2D eigenvalue weighted by molar-refractivity contribution is 5.98. The average molecular weight is 441 g/mol. The van der Waals surface area contributed by atoms with E-state index in [9.17, 15) is 18.4 Å². The Balaban J connectivity index is 1.84. The number of carbonyl (C=O) groups is 2. The van der Waals surface area contributed by atoms with Gasteiger partial charge in [0.25, 0.3) is 0 Å². The second-order valence-electron chi connectivity index (χ2n) is 6.86. The molecule has 1 N–H and O–H groups in total. The van der Waals surface area contributed by atoms with Crippen molar-refractivity contribution >= 4 is 17.7 Å². The number of nitrogens with one attached hydrogen (secondary N) is 1. The molecule has 2 amide bonds. The van der Waals surface area contributed by atoms with Crippen LogP contribution in [0, 0.1) is 11.6 Å². The zero-order chi connectivity index (χ0) is 23.1. The molecule has 2 aromatic carbocycles. The van der Waals surface area contributed by atoms with Gasteiger partial charge in [0, 0.05) is 25.6 Å². The van der Waals surface area contributed by atoms with Gasteiger partial charge < -0.3 is 19.7 Å². The summed E-state index contributed by atoms with van der Waals surface area (Å²) in [7, 11) is 2.95. The predicted octanol–water partition coefficient (Wildman–Crippen LogP) is 3.73. The second-order valence-corrected chi connectivity index (χ2v) is 6.86. The van der Waals surface area contributed by atoms with Gasteiger partial charge in [0.05, 0.1) is 25.2 Å². The molecule has 0 saturated carbocycles. The fourth-order valence-electron chi connectivity index (χ4n) is 3.00. The van der Waals surface area contributed by atoms with Crippen LogP contribution in [-0.2, 0) is 11.2 Å². The minimum atomic E-state index is -1.18. The Morgan fingerprint density at radius 1 is 1.03 bits per heavy atom. The first kappa shape index (κ1) is 22.7. The first-order chi connectivity index (χ1) is 15.4. The molecule has 0 saturated heterocycles. The minimum absolute atomic E-state index is 0.168. The van der Waals surface area contributed by atoms with Crippen LogP contribution < -0.4 is 19.7 Å². The van der Waals surface area contributed by atoms with E-state index in [1.807, 2.05) is 0 Å². The molecular formula is C23H21F2N3O4. The number of likely N-dealkylation sites (N-methyl/N-ethyl adjacent to an activating group) is 1. The van der Waals surface area contributed by atoms with Crippen molar-refractivity contribution in [2.45, 2.75) is 12.5 Å². The number of hydrogen-bond donors (Lipinski definition) is 1. The molecule has 1 aromatic heterocycles. The van der Waals surface area contributed by atoms with Crippen molar-refractivity contribution in [3.63, 3.8) is 0 Å². The van der Waals surface area contributed by atoms with Gasteiger partial charge in [0.2, 0.25) is 5.91 Å². The number of pyridine rings is 1. The number of rotatable bonds is 7. The van der Waals surface area contributed by atoms with Crippen molar-refractivity contribution in [2.24, 2.45) is 0 Å². The third kappa shape index (κ3) is 6.00. The SMILES string of the molecule is COc1cncc(N(C)C(=O)[C@H](Cc2cc(F)cc(F)c2)NC(=O)Oc2ccccc2)c1. The first-order valence-electron chi connectivity index (χ1n) is 9.60. The van der Waals surface area contributed by atoms with Crippen LogP contribution in [0.15, 0.2) is 67.0 Å². The van der Waals surface area contributed by atoms with E-state index in [1.165, 1.54) is 31.5 Å². The molecule has 1 atom stereocenters. The van der Waals surface area contributed by atoms with Crippen molar-refractivity contribution in [3.05, 3.63) is 84.2 Å². The number of hydrogen-bond acceptors (Lipinski definition) is 5. The number of benzene rings is 2. The Bertz CT molecular complexity index is 1080. The topological polar surface area (TPSA) is 80.8 Å². The molecule has 0 radical (unpaired) electrons. The summed E-state index contributed by atoms with van der Waals surface area (Å²) in [6.45, 7) is 0. The maximum Gasteiger partial charge on any atom is 0.413 e. The quantitative estimate of drug-likeness (QED) is 0.604. The number of ether oxygens (including phenoxy) is 2. The van der Waals surface area contributed by atoms with Gasteiger partial charge in [0.15, 0.2) is 0 Å². The van der Waals surface area contributed by atoms with Crippen LogP contribution in [-0.4, -0.2) is 37.2 Å². The van der Waals surface area contributed by atoms with E-state index < -0.39 is 29.7 Å². The third-order valence-electron chi connectivity index (χ3n) is 4.56. The van der Waals surface area contributed by atoms with Crippen molar-refractivity contribution in [1.82, 2.24) is 10.3 Å². The summed E-state index contributed by atoms with van der Waals surface area (Å²) in [5, 5.41) is 2.48. The van der Waals surface area contributed by atoms with E-state index in [1.54, 1.807) is 36.4 Å². The van der Waals surface area contributed by atoms with E-state index >= 15 is 0 Å². The average Bonchev–Trinajstić information content (AvgIpc) is 2.77. The van der Waals surface area contributed by atoms with E-state index in [0.29, 0.717) is 11.4 Å². The summed E-state index contributed by atoms with van der Waals surface area (Å²) >= 11 is 0. The van der Waals surface area contributed by atoms with Crippen LogP contribution in [0.4, 0.5) is 19.3 Å². The number of carbonyl (C=O) groups excluding carboxylic acids is 2. The lowest BCUT2D eigenvalue weighted by Gasteiger charge is -2.24. The largest absolute Gasteiger partial charge is 0.495 e. The minimum Gasteiger partial charge on any atom is -0.495 e. The molecule has 1 heterocycles. The Labute approximate surface area is 183 Å². The second kappa shape index (κ2) is 10.3. The van der Waals surface area contributed by atoms with Crippen LogP contribution in [0.5, 0.6) is 11.5 Å². The molecule has 0 aliphatic carbocycles. The normalized spacial score (nSPS) is 11.4. The van der Waals surface area contributed by atoms with Crippen LogP contribution in [0.25, 0.3) is 0 Å². The number of halogens is 2. The van der Waals surface area contributed by atoms with Gasteiger partial charge in [-0.25, -0.2) is 13.6 Å². The lowest BCUT2D eigenvalue weighted by atomic mass is 10.0. The van der Waals surface area contributed by atoms with Gasteiger partial charge in [-0.05, 0) is 29.8 Å². The molecule has 0 fully saturated rings. The van der Waals surface area contributed by atoms with Crippen LogP contribution in [0.1, 0.15) is 5.56 Å². The summed E-state index contributed by atoms with van der Waals surface area (Å²) in [4.78, 5) is 30.9. The Morgan fingerprint density at radius 3 is 2.38 bits per heavy atom. The fraction of sp³-hybridized carbons (Fsp3) is 0.174. The Morgan fingerprint density at radius 2 is 1.72 bits per heavy atom. The molecule has 9 heteroatoms. The predicted molar refractivity (Wildman–Crippen MR) is 114 cm³/mol. The Hall–Kier alpha value is -4.01. The van der Waals surface area contributed by atoms with Crippen molar-refractivity contribution in [2.75, 3.05) is 19.1 Å². The molecule has 3 aromatic rings. The molecule has 0 aliphatic heterocycles. The van der Waals surface area contributed by atoms with Gasteiger partial charge in [-0.15, -0.1) is 0 Å². The molecule has 166 valence electrons. The van der Waals surface area contributed by atoms with Gasteiger partial charge in [-0.3, -0.25) is 9.78 Å². The van der Waals surface area contributed by atoms with E-state index in [0.717, 1.165) is 18.2 Å². The zero-order valence-corrected chi connectivity index (χ0v) is 17.4. The number of para-hydroxylation sites is 1. The van der Waals surface area contributed by atoms with Crippen molar-refractivity contribution in [1.29, 1.82) is 0 Å². The lowest BCUT2D eigenvalue weighted by molar-refractivity contribution is -0.120. The molecule has 3 rings (SSSR count). The van der Waals surface area contributed by atoms with Crippen LogP contribution in [0.3, 0.4) is 0 Å². The lowest BCUT2D eigenvalue weighted by Crippen LogP contribution is -2.49. The molecule has 0 unspecified atom stereocenters. The number of methoxy groups -OCH3 is 1. The number of amides is 2. The summed E-state index contributed by atoms with van der Waals surface area (Å²) in [6, 6.07) is 11.6. The highest BCUT2D eigenvalue weighted by Crippen LogP contribution is 2.20. The van der Waals surface area contributed by atoms with Crippen molar-refractivity contribution in [3.8, 4) is 11.5 Å². The van der Waals surface area contributed by atoms with Gasteiger partial charge >= 0.3 is 6.09 Å². The summed E-state index contributed by atoms with van der Waals surface area (Å²) < 4.78 is 37.7. The number of nitrogens with zero attached hydrogens (tertiary/aromatic N) is 2. The summed E-state index contributed by atoms with van der Waals surface area (Å²) in [5.74, 6) is -1.41. The zero-order valence-electron chi connectivity index (χ0n) is 17.4. The molecule has 32 heavy (non-hydrogen) atoms. The maximum absolute atomic E-state index is 13.7. The van der Waals surface area contributed by atoms with E-state index in [-0.39, 0.29) is 17.7 Å². The number of anilines is 1. The fourth-order valence-corrected chi connectivity index (χ4v) is 3.00. The highest BCUT2D eigenvalue weighted by atomic mass is 19.1. The maximum atomic E-state index is 13.7. The third-order valence-corrected chi connectivity index (χ3v) is 4.56. The summed E-state index contributed by atoms with van der Waals surface area (Å²) in [6.07, 6.45) is 1.87. The highest BCUT2D eigenvalue weighted by Gasteiger charge is 2.27. The molecule has 0 bridgehead atoms. The monoisotopic (exact) mass is 441 g/mol. The van der Waals surface area contributed by atoms with E-state index in [2.05, 4.69) is 10.3 Å². The van der Waals surface area contributed by atoms with Gasteiger partial charge in [0.1, 0.15) is 29.2 Å². The molecule has 7 nitrogen and oxygen atoms in total. The van der Waals surface area contributed by atoms with Crippen LogP contribution >= 0.6 is 0 Å². The Kier molecular flexibility index (Phi) is 7.33. The summed E-state index contributed by atoms with van der Waals surface area (Å²) in [5.41, 5.74) is 0.598. The first-order valence-corrected chi connectivity index (χ1v) is 9.60. The number of aromatic nitrogens is 1. The standard InChI is InChI=1S/C23H21F2N3O4/c1-28(18-12-20(31-2)14-26-13-18)22(29)21(10-15-8-16(24)11-17(25)9-15)27-23(30)32-19-6-4-3-5-7-19/h3-9,11-14,21H,10H2,1-2H3,(H,27,30)/t21-/m0/s1. The smallest absolute Gasteiger partial charge is 0.413 e. The van der Waals surface area contributed by atoms with Crippen molar-refractivity contribution < 1.29 is 27.8 Å². The van der Waals surface area contributed by atoms with Gasteiger partial charge in [-0.1, -0.05) is 18.2 Å². The molecule has 0 spiro atoms. The van der Waals surface area contributed by atoms with Crippen LogP contribution in [0.2, 0.25) is 0 Å². The van der Waals surface area contributed by atoms with Gasteiger partial charge in [-0.2, -0.15) is 0 Å².